The predicted octanol–water partition coefficient (Wildman–Crippen LogP) is 3.63. The van der Waals surface area contributed by atoms with Crippen LogP contribution in [0.15, 0.2) is 41.8 Å². The Morgan fingerprint density at radius 2 is 1.88 bits per heavy atom. The Balaban J connectivity index is 1.56. The number of amides is 3. The van der Waals surface area contributed by atoms with Gasteiger partial charge in [-0.2, -0.15) is 0 Å². The summed E-state index contributed by atoms with van der Waals surface area (Å²) in [6, 6.07) is 7.10. The van der Waals surface area contributed by atoms with Crippen molar-refractivity contribution in [2.24, 2.45) is 22.2 Å². The first-order valence-corrected chi connectivity index (χ1v) is 9.56. The zero-order valence-electron chi connectivity index (χ0n) is 15.2. The van der Waals surface area contributed by atoms with Crippen LogP contribution in [0.2, 0.25) is 0 Å². The maximum atomic E-state index is 13.1. The lowest BCUT2D eigenvalue weighted by molar-refractivity contribution is -0.164. The van der Waals surface area contributed by atoms with Crippen molar-refractivity contribution in [3.8, 4) is 0 Å². The third-order valence-corrected chi connectivity index (χ3v) is 7.90. The number of rotatable bonds is 4. The molecule has 1 aromatic carbocycles. The molecule has 1 saturated heterocycles. The zero-order valence-corrected chi connectivity index (χ0v) is 16.0. The van der Waals surface area contributed by atoms with Crippen LogP contribution in [0.5, 0.6) is 0 Å². The van der Waals surface area contributed by atoms with Crippen LogP contribution in [0.4, 0.5) is 5.69 Å². The van der Waals surface area contributed by atoms with E-state index in [4.69, 9.17) is 0 Å². The molecule has 3 aliphatic rings. The van der Waals surface area contributed by atoms with Crippen molar-refractivity contribution in [3.05, 3.63) is 36.9 Å². The van der Waals surface area contributed by atoms with Crippen LogP contribution < -0.4 is 5.32 Å². The number of nitrogens with zero attached hydrogens (tertiary/aromatic N) is 1. The number of benzene rings is 1. The van der Waals surface area contributed by atoms with E-state index in [0.717, 1.165) is 17.7 Å². The van der Waals surface area contributed by atoms with Crippen molar-refractivity contribution >= 4 is 35.4 Å². The van der Waals surface area contributed by atoms with Crippen molar-refractivity contribution in [1.82, 2.24) is 4.31 Å². The second-order valence-corrected chi connectivity index (χ2v) is 9.22. The number of imide groups is 1. The van der Waals surface area contributed by atoms with E-state index < -0.39 is 5.41 Å². The third kappa shape index (κ3) is 1.91. The molecule has 26 heavy (non-hydrogen) atoms. The average molecular weight is 370 g/mol. The van der Waals surface area contributed by atoms with Gasteiger partial charge in [0.15, 0.2) is 0 Å². The van der Waals surface area contributed by atoms with Gasteiger partial charge in [0.25, 0.3) is 0 Å². The zero-order chi connectivity index (χ0) is 18.9. The average Bonchev–Trinajstić information content (AvgIpc) is 3.16. The molecule has 3 fully saturated rings. The fourth-order valence-electron chi connectivity index (χ4n) is 5.36. The SMILES string of the molecule is C=CC(=O)Nc1ccc(SN2C(=O)C3C(C)(C)C34CCC4(C)C2=O)cc1. The largest absolute Gasteiger partial charge is 0.323 e. The van der Waals surface area contributed by atoms with Crippen molar-refractivity contribution in [1.29, 1.82) is 0 Å². The van der Waals surface area contributed by atoms with E-state index in [9.17, 15) is 14.4 Å². The summed E-state index contributed by atoms with van der Waals surface area (Å²) in [5.41, 5.74) is -0.0333. The minimum atomic E-state index is -0.431. The van der Waals surface area contributed by atoms with E-state index in [-0.39, 0.29) is 34.5 Å². The molecule has 1 heterocycles. The van der Waals surface area contributed by atoms with Gasteiger partial charge in [-0.05, 0) is 60.5 Å². The van der Waals surface area contributed by atoms with E-state index >= 15 is 0 Å². The Hall–Kier alpha value is -2.08. The summed E-state index contributed by atoms with van der Waals surface area (Å²) in [5.74, 6) is -0.474. The molecule has 4 rings (SSSR count). The first kappa shape index (κ1) is 17.3. The molecule has 2 aliphatic carbocycles. The fourth-order valence-corrected chi connectivity index (χ4v) is 6.31. The first-order valence-electron chi connectivity index (χ1n) is 8.79. The van der Waals surface area contributed by atoms with E-state index in [1.807, 2.05) is 6.92 Å². The molecule has 5 nitrogen and oxygen atoms in total. The molecule has 3 atom stereocenters. The molecule has 1 aromatic rings. The number of carbonyl (C=O) groups is 3. The smallest absolute Gasteiger partial charge is 0.247 e. The fraction of sp³-hybridized carbons (Fsp3) is 0.450. The first-order chi connectivity index (χ1) is 12.2. The number of hydrogen-bond acceptors (Lipinski definition) is 4. The van der Waals surface area contributed by atoms with Crippen LogP contribution in [0.25, 0.3) is 0 Å². The minimum absolute atomic E-state index is 0.0637. The Morgan fingerprint density at radius 1 is 1.23 bits per heavy atom. The van der Waals surface area contributed by atoms with Crippen LogP contribution in [0.3, 0.4) is 0 Å². The predicted molar refractivity (Wildman–Crippen MR) is 100 cm³/mol. The number of anilines is 1. The summed E-state index contributed by atoms with van der Waals surface area (Å²) >= 11 is 1.18. The van der Waals surface area contributed by atoms with Gasteiger partial charge >= 0.3 is 0 Å². The number of hydrogen-bond donors (Lipinski definition) is 1. The molecule has 136 valence electrons. The Kier molecular flexibility index (Phi) is 3.48. The molecule has 0 aromatic heterocycles. The van der Waals surface area contributed by atoms with Gasteiger partial charge in [0.05, 0.1) is 11.3 Å². The molecule has 0 bridgehead atoms. The Bertz CT molecular complexity index is 847. The normalized spacial score (nSPS) is 33.7. The topological polar surface area (TPSA) is 66.5 Å². The second-order valence-electron chi connectivity index (χ2n) is 8.20. The second kappa shape index (κ2) is 5.22. The minimum Gasteiger partial charge on any atom is -0.323 e. The quantitative estimate of drug-likeness (QED) is 0.499. The highest BCUT2D eigenvalue weighted by Crippen LogP contribution is 2.86. The van der Waals surface area contributed by atoms with Gasteiger partial charge in [0, 0.05) is 16.0 Å². The van der Waals surface area contributed by atoms with E-state index in [1.165, 1.54) is 22.3 Å². The number of nitrogens with one attached hydrogen (secondary N) is 1. The highest BCUT2D eigenvalue weighted by molar-refractivity contribution is 7.98. The van der Waals surface area contributed by atoms with Crippen molar-refractivity contribution in [2.45, 2.75) is 38.5 Å². The maximum absolute atomic E-state index is 13.1. The molecular formula is C20H22N2O3S. The standard InChI is InChI=1S/C20H22N2O3S/c1-5-14(23)21-12-6-8-13(9-7-12)26-22-16(24)15-18(2,3)20(15)11-10-19(20,4)17(22)25/h5-9,15H,1,10-11H2,2-4H3,(H,21,23). The van der Waals surface area contributed by atoms with Gasteiger partial charge in [-0.3, -0.25) is 14.4 Å². The summed E-state index contributed by atoms with van der Waals surface area (Å²) in [5, 5.41) is 2.68. The molecule has 1 spiro atoms. The summed E-state index contributed by atoms with van der Waals surface area (Å²) in [4.78, 5) is 38.2. The van der Waals surface area contributed by atoms with Crippen LogP contribution in [0, 0.1) is 22.2 Å². The van der Waals surface area contributed by atoms with Crippen LogP contribution >= 0.6 is 11.9 Å². The molecule has 3 unspecified atom stereocenters. The van der Waals surface area contributed by atoms with Gasteiger partial charge in [-0.15, -0.1) is 0 Å². The molecule has 1 N–H and O–H groups in total. The maximum Gasteiger partial charge on any atom is 0.247 e. The highest BCUT2D eigenvalue weighted by atomic mass is 32.2. The van der Waals surface area contributed by atoms with Crippen LogP contribution in [0.1, 0.15) is 33.6 Å². The van der Waals surface area contributed by atoms with Crippen molar-refractivity contribution in [3.63, 3.8) is 0 Å². The van der Waals surface area contributed by atoms with E-state index in [0.29, 0.717) is 5.69 Å². The van der Waals surface area contributed by atoms with E-state index in [1.54, 1.807) is 24.3 Å². The highest BCUT2D eigenvalue weighted by Gasteiger charge is 2.88. The lowest BCUT2D eigenvalue weighted by atomic mass is 9.53. The monoisotopic (exact) mass is 370 g/mol. The summed E-state index contributed by atoms with van der Waals surface area (Å²) < 4.78 is 1.37. The summed E-state index contributed by atoms with van der Waals surface area (Å²) in [7, 11) is 0. The van der Waals surface area contributed by atoms with Gasteiger partial charge in [0.2, 0.25) is 17.7 Å². The molecular weight excluding hydrogens is 348 g/mol. The van der Waals surface area contributed by atoms with Gasteiger partial charge < -0.3 is 5.32 Å². The van der Waals surface area contributed by atoms with Crippen LogP contribution in [-0.2, 0) is 14.4 Å². The molecule has 2 saturated carbocycles. The molecule has 0 radical (unpaired) electrons. The van der Waals surface area contributed by atoms with Crippen LogP contribution in [-0.4, -0.2) is 22.0 Å². The molecule has 6 heteroatoms. The molecule has 1 aliphatic heterocycles. The Labute approximate surface area is 157 Å². The van der Waals surface area contributed by atoms with Crippen molar-refractivity contribution < 1.29 is 14.4 Å². The number of piperidine rings is 1. The summed E-state index contributed by atoms with van der Waals surface area (Å²) in [6.07, 6.45) is 3.02. The van der Waals surface area contributed by atoms with Crippen molar-refractivity contribution in [2.75, 3.05) is 5.32 Å². The summed E-state index contributed by atoms with van der Waals surface area (Å²) in [6.45, 7) is 9.67. The lowest BCUT2D eigenvalue weighted by Gasteiger charge is -2.52. The Morgan fingerprint density at radius 3 is 2.42 bits per heavy atom. The van der Waals surface area contributed by atoms with Gasteiger partial charge in [-0.1, -0.05) is 27.4 Å². The van der Waals surface area contributed by atoms with Gasteiger partial charge in [0.1, 0.15) is 0 Å². The number of carbonyl (C=O) groups excluding carboxylic acids is 3. The third-order valence-electron chi connectivity index (χ3n) is 6.89. The molecule has 3 amide bonds. The van der Waals surface area contributed by atoms with Gasteiger partial charge in [-0.25, -0.2) is 4.31 Å². The lowest BCUT2D eigenvalue weighted by Crippen LogP contribution is -2.58. The van der Waals surface area contributed by atoms with E-state index in [2.05, 4.69) is 25.7 Å².